The molecule has 5 nitrogen and oxygen atoms in total. The third-order valence-corrected chi connectivity index (χ3v) is 6.33. The van der Waals surface area contributed by atoms with Gasteiger partial charge in [0, 0.05) is 26.7 Å². The van der Waals surface area contributed by atoms with Crippen LogP contribution in [0.4, 0.5) is 5.13 Å². The molecule has 8 heteroatoms. The van der Waals surface area contributed by atoms with E-state index < -0.39 is 0 Å². The van der Waals surface area contributed by atoms with Crippen molar-refractivity contribution in [1.29, 1.82) is 0 Å². The maximum atomic E-state index is 12.6. The van der Waals surface area contributed by atoms with Crippen LogP contribution in [0.5, 0.6) is 0 Å². The van der Waals surface area contributed by atoms with Gasteiger partial charge in [0.15, 0.2) is 5.13 Å². The summed E-state index contributed by atoms with van der Waals surface area (Å²) in [7, 11) is 0. The van der Waals surface area contributed by atoms with Crippen molar-refractivity contribution in [3.63, 3.8) is 0 Å². The lowest BCUT2D eigenvalue weighted by Gasteiger charge is -2.05. The van der Waals surface area contributed by atoms with Crippen LogP contribution in [0.15, 0.2) is 34.8 Å². The molecule has 0 saturated heterocycles. The number of halogens is 1. The van der Waals surface area contributed by atoms with Gasteiger partial charge < -0.3 is 5.32 Å². The van der Waals surface area contributed by atoms with E-state index in [1.54, 1.807) is 17.4 Å². The fourth-order valence-electron chi connectivity index (χ4n) is 2.54. The van der Waals surface area contributed by atoms with E-state index in [2.05, 4.69) is 31.5 Å². The number of amides is 2. The van der Waals surface area contributed by atoms with E-state index in [4.69, 9.17) is 0 Å². The highest BCUT2D eigenvalue weighted by Crippen LogP contribution is 2.35. The number of hydrogen-bond donors (Lipinski definition) is 2. The summed E-state index contributed by atoms with van der Waals surface area (Å²) in [6, 6.07) is 9.54. The van der Waals surface area contributed by atoms with Gasteiger partial charge in [-0.2, -0.15) is 0 Å². The molecule has 1 aromatic carbocycles. The lowest BCUT2D eigenvalue weighted by molar-refractivity contribution is -0.119. The molecular formula is C19H18BrN3O2S2. The molecule has 0 aliphatic heterocycles. The number of nitrogens with one attached hydrogen (secondary N) is 2. The number of thiophene rings is 1. The average molecular weight is 464 g/mol. The molecule has 27 heavy (non-hydrogen) atoms. The Hall–Kier alpha value is -2.03. The SMILES string of the molecule is CC(=O)NCc1ccc(-c2nc(NC(=O)c3ccc(Br)cc3C)sc2C)s1. The number of thiazole rings is 1. The molecule has 3 rings (SSSR count). The predicted octanol–water partition coefficient (Wildman–Crippen LogP) is 5.14. The molecule has 0 radical (unpaired) electrons. The van der Waals surface area contributed by atoms with Crippen LogP contribution >= 0.6 is 38.6 Å². The van der Waals surface area contributed by atoms with Gasteiger partial charge in [-0.3, -0.25) is 14.9 Å². The second kappa shape index (κ2) is 8.33. The first-order valence-electron chi connectivity index (χ1n) is 8.22. The molecule has 2 N–H and O–H groups in total. The van der Waals surface area contributed by atoms with E-state index in [0.717, 1.165) is 30.4 Å². The Kier molecular flexibility index (Phi) is 6.08. The van der Waals surface area contributed by atoms with Crippen LogP contribution < -0.4 is 10.6 Å². The van der Waals surface area contributed by atoms with Gasteiger partial charge in [-0.15, -0.1) is 22.7 Å². The zero-order chi connectivity index (χ0) is 19.6. The molecule has 0 unspecified atom stereocenters. The molecule has 0 bridgehead atoms. The Balaban J connectivity index is 1.76. The Morgan fingerprint density at radius 1 is 1.15 bits per heavy atom. The maximum absolute atomic E-state index is 12.6. The third kappa shape index (κ3) is 4.82. The zero-order valence-electron chi connectivity index (χ0n) is 15.1. The summed E-state index contributed by atoms with van der Waals surface area (Å²) < 4.78 is 0.941. The summed E-state index contributed by atoms with van der Waals surface area (Å²) in [5.74, 6) is -0.221. The molecule has 0 aliphatic carbocycles. The van der Waals surface area contributed by atoms with E-state index in [0.29, 0.717) is 17.2 Å². The van der Waals surface area contributed by atoms with Crippen LogP contribution in [0.1, 0.15) is 32.6 Å². The van der Waals surface area contributed by atoms with Gasteiger partial charge in [0.1, 0.15) is 0 Å². The van der Waals surface area contributed by atoms with Crippen molar-refractivity contribution in [2.24, 2.45) is 0 Å². The van der Waals surface area contributed by atoms with Crippen molar-refractivity contribution >= 4 is 55.5 Å². The van der Waals surface area contributed by atoms with Gasteiger partial charge in [0.2, 0.25) is 5.91 Å². The monoisotopic (exact) mass is 463 g/mol. The second-order valence-electron chi connectivity index (χ2n) is 6.01. The highest BCUT2D eigenvalue weighted by atomic mass is 79.9. The van der Waals surface area contributed by atoms with Crippen LogP contribution in [-0.4, -0.2) is 16.8 Å². The van der Waals surface area contributed by atoms with Gasteiger partial charge in [-0.1, -0.05) is 15.9 Å². The van der Waals surface area contributed by atoms with Gasteiger partial charge in [-0.05, 0) is 49.7 Å². The molecule has 140 valence electrons. The summed E-state index contributed by atoms with van der Waals surface area (Å²) >= 11 is 6.45. The standard InChI is InChI=1S/C19H18BrN3O2S2/c1-10-8-13(20)4-6-15(10)18(25)23-19-22-17(11(2)26-19)16-7-5-14(27-16)9-21-12(3)24/h4-8H,9H2,1-3H3,(H,21,24)(H,22,23,25). The van der Waals surface area contributed by atoms with Crippen molar-refractivity contribution in [1.82, 2.24) is 10.3 Å². The van der Waals surface area contributed by atoms with Crippen LogP contribution in [-0.2, 0) is 11.3 Å². The van der Waals surface area contributed by atoms with Crippen LogP contribution in [0, 0.1) is 13.8 Å². The Labute approximate surface area is 174 Å². The van der Waals surface area contributed by atoms with Crippen LogP contribution in [0.2, 0.25) is 0 Å². The van der Waals surface area contributed by atoms with Gasteiger partial charge in [-0.25, -0.2) is 4.98 Å². The third-order valence-electron chi connectivity index (χ3n) is 3.86. The van der Waals surface area contributed by atoms with Crippen molar-refractivity contribution < 1.29 is 9.59 Å². The van der Waals surface area contributed by atoms with E-state index >= 15 is 0 Å². The molecule has 3 aromatic rings. The summed E-state index contributed by atoms with van der Waals surface area (Å²) in [4.78, 5) is 31.3. The van der Waals surface area contributed by atoms with Crippen molar-refractivity contribution in [2.45, 2.75) is 27.3 Å². The topological polar surface area (TPSA) is 71.1 Å². The minimum Gasteiger partial charge on any atom is -0.351 e. The Bertz CT molecular complexity index is 1010. The van der Waals surface area contributed by atoms with E-state index in [-0.39, 0.29) is 11.8 Å². The zero-order valence-corrected chi connectivity index (χ0v) is 18.3. The molecule has 0 fully saturated rings. The van der Waals surface area contributed by atoms with E-state index in [1.807, 2.05) is 38.1 Å². The molecular weight excluding hydrogens is 446 g/mol. The summed E-state index contributed by atoms with van der Waals surface area (Å²) in [5.41, 5.74) is 2.39. The van der Waals surface area contributed by atoms with Crippen LogP contribution in [0.25, 0.3) is 10.6 Å². The summed E-state index contributed by atoms with van der Waals surface area (Å²) in [6.07, 6.45) is 0. The van der Waals surface area contributed by atoms with E-state index in [9.17, 15) is 9.59 Å². The molecule has 2 aromatic heterocycles. The number of benzene rings is 1. The second-order valence-corrected chi connectivity index (χ2v) is 9.30. The number of aryl methyl sites for hydroxylation is 2. The van der Waals surface area contributed by atoms with Crippen molar-refractivity contribution in [3.05, 3.63) is 55.7 Å². The number of nitrogens with zero attached hydrogens (tertiary/aromatic N) is 1. The number of rotatable bonds is 5. The summed E-state index contributed by atoms with van der Waals surface area (Å²) in [6.45, 7) is 5.90. The normalized spacial score (nSPS) is 10.7. The van der Waals surface area contributed by atoms with Crippen LogP contribution in [0.3, 0.4) is 0 Å². The number of aromatic nitrogens is 1. The first-order chi connectivity index (χ1) is 12.8. The average Bonchev–Trinajstić information content (AvgIpc) is 3.19. The minimum atomic E-state index is -0.169. The fourth-order valence-corrected chi connectivity index (χ4v) is 4.89. The molecule has 0 spiro atoms. The number of carbonyl (C=O) groups is 2. The van der Waals surface area contributed by atoms with E-state index in [1.165, 1.54) is 18.3 Å². The summed E-state index contributed by atoms with van der Waals surface area (Å²) in [5, 5.41) is 6.27. The van der Waals surface area contributed by atoms with Gasteiger partial charge >= 0.3 is 0 Å². The molecule has 2 heterocycles. The Morgan fingerprint density at radius 3 is 2.63 bits per heavy atom. The highest BCUT2D eigenvalue weighted by molar-refractivity contribution is 9.10. The molecule has 2 amide bonds. The quantitative estimate of drug-likeness (QED) is 0.550. The minimum absolute atomic E-state index is 0.0528. The van der Waals surface area contributed by atoms with Gasteiger partial charge in [0.05, 0.1) is 17.1 Å². The van der Waals surface area contributed by atoms with Crippen molar-refractivity contribution in [2.75, 3.05) is 5.32 Å². The number of anilines is 1. The fraction of sp³-hybridized carbons (Fsp3) is 0.211. The smallest absolute Gasteiger partial charge is 0.257 e. The first-order valence-corrected chi connectivity index (χ1v) is 10.6. The first kappa shape index (κ1) is 19.7. The predicted molar refractivity (Wildman–Crippen MR) is 115 cm³/mol. The molecule has 0 saturated carbocycles. The van der Waals surface area contributed by atoms with Crippen molar-refractivity contribution in [3.8, 4) is 10.6 Å². The molecule has 0 aliphatic rings. The Morgan fingerprint density at radius 2 is 1.93 bits per heavy atom. The largest absolute Gasteiger partial charge is 0.351 e. The lowest BCUT2D eigenvalue weighted by atomic mass is 10.1. The highest BCUT2D eigenvalue weighted by Gasteiger charge is 2.16. The number of carbonyl (C=O) groups excluding carboxylic acids is 2. The van der Waals surface area contributed by atoms with Gasteiger partial charge in [0.25, 0.3) is 5.91 Å². The maximum Gasteiger partial charge on any atom is 0.257 e. The molecule has 0 atom stereocenters. The number of hydrogen-bond acceptors (Lipinski definition) is 5. The lowest BCUT2D eigenvalue weighted by Crippen LogP contribution is -2.17.